The molecule has 3 atom stereocenters. The summed E-state index contributed by atoms with van der Waals surface area (Å²) in [5, 5.41) is 0. The van der Waals surface area contributed by atoms with E-state index in [4.69, 9.17) is 0 Å². The third-order valence-electron chi connectivity index (χ3n) is 3.75. The Labute approximate surface area is 79.4 Å². The van der Waals surface area contributed by atoms with E-state index in [9.17, 15) is 4.79 Å². The fourth-order valence-electron chi connectivity index (χ4n) is 3.04. The average molecular weight is 179 g/mol. The Morgan fingerprint density at radius 3 is 2.54 bits per heavy atom. The maximum Gasteiger partial charge on any atom is 0.235 e. The fraction of sp³-hybridized carbons (Fsp3) is 0.909. The van der Waals surface area contributed by atoms with E-state index in [0.29, 0.717) is 6.04 Å². The Morgan fingerprint density at radius 2 is 1.77 bits per heavy atom. The van der Waals surface area contributed by atoms with Crippen LogP contribution in [0.2, 0.25) is 0 Å². The molecule has 72 valence electrons. The fourth-order valence-corrected chi connectivity index (χ4v) is 3.04. The maximum absolute atomic E-state index is 10.1. The molecule has 0 heterocycles. The van der Waals surface area contributed by atoms with Gasteiger partial charge in [0.15, 0.2) is 0 Å². The lowest BCUT2D eigenvalue weighted by Gasteiger charge is -2.37. The lowest BCUT2D eigenvalue weighted by atomic mass is 9.69. The summed E-state index contributed by atoms with van der Waals surface area (Å²) < 4.78 is 0. The highest BCUT2D eigenvalue weighted by Gasteiger charge is 2.31. The van der Waals surface area contributed by atoms with Gasteiger partial charge in [0.2, 0.25) is 6.08 Å². The van der Waals surface area contributed by atoms with Crippen LogP contribution < -0.4 is 0 Å². The molecule has 2 aliphatic rings. The number of aliphatic imine (C=N–C) groups is 1. The SMILES string of the molecule is O=C=NC1CCC2CCCCC2C1. The van der Waals surface area contributed by atoms with E-state index in [1.807, 2.05) is 0 Å². The second kappa shape index (κ2) is 4.06. The molecule has 0 saturated heterocycles. The summed E-state index contributed by atoms with van der Waals surface area (Å²) >= 11 is 0. The van der Waals surface area contributed by atoms with Crippen LogP contribution in [-0.2, 0) is 4.79 Å². The molecular weight excluding hydrogens is 162 g/mol. The van der Waals surface area contributed by atoms with Crippen molar-refractivity contribution in [3.05, 3.63) is 0 Å². The molecule has 0 aliphatic heterocycles. The molecule has 0 bridgehead atoms. The molecule has 3 unspecified atom stereocenters. The predicted molar refractivity (Wildman–Crippen MR) is 51.2 cm³/mol. The molecule has 13 heavy (non-hydrogen) atoms. The first-order valence-corrected chi connectivity index (χ1v) is 5.47. The number of hydrogen-bond acceptors (Lipinski definition) is 2. The van der Waals surface area contributed by atoms with Crippen LogP contribution in [0.1, 0.15) is 44.9 Å². The molecule has 0 radical (unpaired) electrons. The number of hydrogen-bond donors (Lipinski definition) is 0. The van der Waals surface area contributed by atoms with Gasteiger partial charge in [-0.1, -0.05) is 25.7 Å². The highest BCUT2D eigenvalue weighted by molar-refractivity contribution is 5.33. The summed E-state index contributed by atoms with van der Waals surface area (Å²) in [5.74, 6) is 1.82. The molecule has 0 N–H and O–H groups in total. The van der Waals surface area contributed by atoms with Crippen molar-refractivity contribution >= 4 is 6.08 Å². The van der Waals surface area contributed by atoms with Gasteiger partial charge in [0.1, 0.15) is 0 Å². The Kier molecular flexibility index (Phi) is 2.80. The molecule has 2 nitrogen and oxygen atoms in total. The molecule has 0 aromatic rings. The van der Waals surface area contributed by atoms with E-state index in [1.54, 1.807) is 6.08 Å². The van der Waals surface area contributed by atoms with Gasteiger partial charge < -0.3 is 0 Å². The van der Waals surface area contributed by atoms with Crippen molar-refractivity contribution in [2.75, 3.05) is 0 Å². The molecule has 2 heteroatoms. The van der Waals surface area contributed by atoms with E-state index >= 15 is 0 Å². The number of nitrogens with zero attached hydrogens (tertiary/aromatic N) is 1. The van der Waals surface area contributed by atoms with Crippen molar-refractivity contribution in [3.63, 3.8) is 0 Å². The van der Waals surface area contributed by atoms with E-state index in [0.717, 1.165) is 24.7 Å². The second-order valence-electron chi connectivity index (χ2n) is 4.49. The van der Waals surface area contributed by atoms with Gasteiger partial charge in [-0.2, -0.15) is 0 Å². The third kappa shape index (κ3) is 2.00. The molecular formula is C11H17NO. The summed E-state index contributed by atoms with van der Waals surface area (Å²) in [6.45, 7) is 0. The van der Waals surface area contributed by atoms with Crippen LogP contribution in [0, 0.1) is 11.8 Å². The first-order valence-electron chi connectivity index (χ1n) is 5.47. The normalized spacial score (nSPS) is 38.9. The topological polar surface area (TPSA) is 29.4 Å². The van der Waals surface area contributed by atoms with Crippen LogP contribution in [0.25, 0.3) is 0 Å². The van der Waals surface area contributed by atoms with E-state index < -0.39 is 0 Å². The Morgan fingerprint density at radius 1 is 1.00 bits per heavy atom. The van der Waals surface area contributed by atoms with Gasteiger partial charge in [-0.25, -0.2) is 9.79 Å². The van der Waals surface area contributed by atoms with Gasteiger partial charge >= 0.3 is 0 Å². The summed E-state index contributed by atoms with van der Waals surface area (Å²) in [4.78, 5) is 14.0. The monoisotopic (exact) mass is 179 g/mol. The van der Waals surface area contributed by atoms with Crippen molar-refractivity contribution in [2.24, 2.45) is 16.8 Å². The lowest BCUT2D eigenvalue weighted by Crippen LogP contribution is -2.29. The van der Waals surface area contributed by atoms with E-state index in [1.165, 1.54) is 32.1 Å². The zero-order valence-electron chi connectivity index (χ0n) is 8.04. The molecule has 0 aromatic carbocycles. The highest BCUT2D eigenvalue weighted by atomic mass is 16.1. The molecule has 0 amide bonds. The van der Waals surface area contributed by atoms with E-state index in [2.05, 4.69) is 4.99 Å². The molecule has 0 spiro atoms. The standard InChI is InChI=1S/C11H17NO/c13-8-12-11-6-5-9-3-1-2-4-10(9)7-11/h9-11H,1-7H2. The van der Waals surface area contributed by atoms with E-state index in [-0.39, 0.29) is 0 Å². The summed E-state index contributed by atoms with van der Waals surface area (Å²) in [6.07, 6.45) is 10.9. The first kappa shape index (κ1) is 8.96. The van der Waals surface area contributed by atoms with Gasteiger partial charge in [-0.15, -0.1) is 0 Å². The summed E-state index contributed by atoms with van der Waals surface area (Å²) in [6, 6.07) is 0.303. The summed E-state index contributed by atoms with van der Waals surface area (Å²) in [5.41, 5.74) is 0. The van der Waals surface area contributed by atoms with Crippen LogP contribution in [0.15, 0.2) is 4.99 Å². The number of carbonyl (C=O) groups excluding carboxylic acids is 1. The van der Waals surface area contributed by atoms with Gasteiger partial charge in [0.25, 0.3) is 0 Å². The number of rotatable bonds is 1. The first-order chi connectivity index (χ1) is 6.40. The van der Waals surface area contributed by atoms with Crippen molar-refractivity contribution < 1.29 is 4.79 Å². The van der Waals surface area contributed by atoms with Crippen molar-refractivity contribution in [3.8, 4) is 0 Å². The molecule has 2 aliphatic carbocycles. The summed E-state index contributed by atoms with van der Waals surface area (Å²) in [7, 11) is 0. The number of fused-ring (bicyclic) bond motifs is 1. The maximum atomic E-state index is 10.1. The van der Waals surface area contributed by atoms with Crippen LogP contribution >= 0.6 is 0 Å². The van der Waals surface area contributed by atoms with Gasteiger partial charge in [-0.3, -0.25) is 0 Å². The van der Waals surface area contributed by atoms with Crippen molar-refractivity contribution in [2.45, 2.75) is 51.0 Å². The highest BCUT2D eigenvalue weighted by Crippen LogP contribution is 2.41. The lowest BCUT2D eigenvalue weighted by molar-refractivity contribution is 0.157. The van der Waals surface area contributed by atoms with Crippen LogP contribution in [-0.4, -0.2) is 12.1 Å². The van der Waals surface area contributed by atoms with Crippen molar-refractivity contribution in [1.82, 2.24) is 0 Å². The zero-order chi connectivity index (χ0) is 9.10. The Balaban J connectivity index is 1.94. The largest absolute Gasteiger partial charge is 0.235 e. The van der Waals surface area contributed by atoms with Crippen LogP contribution in [0.4, 0.5) is 0 Å². The second-order valence-corrected chi connectivity index (χ2v) is 4.49. The third-order valence-corrected chi connectivity index (χ3v) is 3.75. The smallest absolute Gasteiger partial charge is 0.211 e. The van der Waals surface area contributed by atoms with Crippen LogP contribution in [0.5, 0.6) is 0 Å². The zero-order valence-corrected chi connectivity index (χ0v) is 8.04. The molecule has 2 saturated carbocycles. The van der Waals surface area contributed by atoms with Crippen LogP contribution in [0.3, 0.4) is 0 Å². The molecule has 0 aromatic heterocycles. The minimum atomic E-state index is 0.303. The van der Waals surface area contributed by atoms with Gasteiger partial charge in [-0.05, 0) is 31.1 Å². The predicted octanol–water partition coefficient (Wildman–Crippen LogP) is 2.68. The van der Waals surface area contributed by atoms with Crippen molar-refractivity contribution in [1.29, 1.82) is 0 Å². The number of isocyanates is 1. The van der Waals surface area contributed by atoms with Gasteiger partial charge in [0.05, 0.1) is 6.04 Å². The Hall–Kier alpha value is -0.620. The van der Waals surface area contributed by atoms with Gasteiger partial charge in [0, 0.05) is 0 Å². The average Bonchev–Trinajstić information content (AvgIpc) is 2.18. The quantitative estimate of drug-likeness (QED) is 0.449. The molecule has 2 fully saturated rings. The minimum absolute atomic E-state index is 0.303. The molecule has 2 rings (SSSR count). The minimum Gasteiger partial charge on any atom is -0.211 e. The Bertz CT molecular complexity index is 220.